The van der Waals surface area contributed by atoms with Crippen molar-refractivity contribution in [1.29, 1.82) is 0 Å². The van der Waals surface area contributed by atoms with E-state index in [2.05, 4.69) is 10.4 Å². The largest absolute Gasteiger partial charge is 0.399 e. The molecular weight excluding hydrogens is 228 g/mol. The predicted octanol–water partition coefficient (Wildman–Crippen LogP) is 1.24. The van der Waals surface area contributed by atoms with E-state index in [1.807, 2.05) is 26.1 Å². The van der Waals surface area contributed by atoms with Crippen LogP contribution in [0.4, 0.5) is 5.69 Å². The zero-order valence-corrected chi connectivity index (χ0v) is 10.5. The molecule has 5 nitrogen and oxygen atoms in total. The molecule has 2 rings (SSSR count). The van der Waals surface area contributed by atoms with Crippen LogP contribution in [0.2, 0.25) is 0 Å². The number of nitrogen functional groups attached to an aromatic ring is 1. The van der Waals surface area contributed by atoms with Crippen molar-refractivity contribution in [3.05, 3.63) is 47.3 Å². The number of amides is 1. The zero-order valence-electron chi connectivity index (χ0n) is 10.5. The van der Waals surface area contributed by atoms with Crippen molar-refractivity contribution >= 4 is 11.6 Å². The molecule has 5 heteroatoms. The van der Waals surface area contributed by atoms with Crippen molar-refractivity contribution in [2.75, 3.05) is 5.73 Å². The molecule has 0 saturated carbocycles. The van der Waals surface area contributed by atoms with E-state index in [9.17, 15) is 4.79 Å². The number of carbonyl (C=O) groups excluding carboxylic acids is 1. The van der Waals surface area contributed by atoms with Crippen LogP contribution in [0.5, 0.6) is 0 Å². The van der Waals surface area contributed by atoms with Crippen LogP contribution in [0, 0.1) is 6.92 Å². The van der Waals surface area contributed by atoms with E-state index in [0.717, 1.165) is 11.3 Å². The van der Waals surface area contributed by atoms with E-state index in [0.29, 0.717) is 17.8 Å². The van der Waals surface area contributed by atoms with Crippen molar-refractivity contribution < 1.29 is 4.79 Å². The minimum absolute atomic E-state index is 0.124. The standard InChI is InChI=1S/C13H16N4O/c1-9-3-4-10(14)7-12(9)13(18)15-8-11-5-6-16-17(11)2/h3-7H,8,14H2,1-2H3,(H,15,18). The third-order valence-corrected chi connectivity index (χ3v) is 2.86. The highest BCUT2D eigenvalue weighted by Crippen LogP contribution is 2.12. The van der Waals surface area contributed by atoms with Crippen LogP contribution < -0.4 is 11.1 Å². The molecule has 1 amide bonds. The minimum Gasteiger partial charge on any atom is -0.399 e. The van der Waals surface area contributed by atoms with Gasteiger partial charge in [-0.25, -0.2) is 0 Å². The first kappa shape index (κ1) is 12.2. The number of carbonyl (C=O) groups is 1. The van der Waals surface area contributed by atoms with Gasteiger partial charge in [0.1, 0.15) is 0 Å². The number of benzene rings is 1. The number of aryl methyl sites for hydroxylation is 2. The number of nitrogens with zero attached hydrogens (tertiary/aromatic N) is 2. The Hall–Kier alpha value is -2.30. The van der Waals surface area contributed by atoms with E-state index in [1.54, 1.807) is 23.0 Å². The summed E-state index contributed by atoms with van der Waals surface area (Å²) in [6, 6.07) is 7.18. The van der Waals surface area contributed by atoms with Crippen molar-refractivity contribution in [3.63, 3.8) is 0 Å². The molecule has 0 unspecified atom stereocenters. The van der Waals surface area contributed by atoms with Crippen molar-refractivity contribution in [3.8, 4) is 0 Å². The fourth-order valence-corrected chi connectivity index (χ4v) is 1.73. The summed E-state index contributed by atoms with van der Waals surface area (Å²) in [4.78, 5) is 12.0. The molecule has 0 saturated heterocycles. The number of rotatable bonds is 3. The van der Waals surface area contributed by atoms with Gasteiger partial charge in [-0.05, 0) is 30.7 Å². The highest BCUT2D eigenvalue weighted by Gasteiger charge is 2.09. The summed E-state index contributed by atoms with van der Waals surface area (Å²) in [5, 5.41) is 6.90. The third kappa shape index (κ3) is 2.51. The normalized spacial score (nSPS) is 10.3. The fourth-order valence-electron chi connectivity index (χ4n) is 1.73. The maximum absolute atomic E-state index is 12.0. The lowest BCUT2D eigenvalue weighted by atomic mass is 10.1. The summed E-state index contributed by atoms with van der Waals surface area (Å²) >= 11 is 0. The SMILES string of the molecule is Cc1ccc(N)cc1C(=O)NCc1ccnn1C. The van der Waals surface area contributed by atoms with E-state index in [-0.39, 0.29) is 5.91 Å². The molecule has 3 N–H and O–H groups in total. The highest BCUT2D eigenvalue weighted by molar-refractivity contribution is 5.96. The van der Waals surface area contributed by atoms with Gasteiger partial charge in [0.15, 0.2) is 0 Å². The first-order chi connectivity index (χ1) is 8.58. The van der Waals surface area contributed by atoms with E-state index in [4.69, 9.17) is 5.73 Å². The van der Waals surface area contributed by atoms with Gasteiger partial charge in [-0.2, -0.15) is 5.10 Å². The zero-order chi connectivity index (χ0) is 13.1. The van der Waals surface area contributed by atoms with Crippen LogP contribution in [0.15, 0.2) is 30.5 Å². The first-order valence-electron chi connectivity index (χ1n) is 5.69. The third-order valence-electron chi connectivity index (χ3n) is 2.86. The van der Waals surface area contributed by atoms with Gasteiger partial charge in [0, 0.05) is 24.5 Å². The molecule has 0 aliphatic heterocycles. The molecule has 1 aromatic heterocycles. The van der Waals surface area contributed by atoms with Gasteiger partial charge in [0.2, 0.25) is 0 Å². The van der Waals surface area contributed by atoms with Crippen LogP contribution in [0.25, 0.3) is 0 Å². The second kappa shape index (κ2) is 4.91. The lowest BCUT2D eigenvalue weighted by molar-refractivity contribution is 0.0949. The second-order valence-electron chi connectivity index (χ2n) is 4.20. The molecule has 0 aliphatic carbocycles. The Morgan fingerprint density at radius 2 is 2.22 bits per heavy atom. The summed E-state index contributed by atoms with van der Waals surface area (Å²) in [5.41, 5.74) is 8.74. The minimum atomic E-state index is -0.124. The molecule has 0 fully saturated rings. The number of aromatic nitrogens is 2. The highest BCUT2D eigenvalue weighted by atomic mass is 16.1. The molecule has 1 aromatic carbocycles. The van der Waals surface area contributed by atoms with E-state index in [1.165, 1.54) is 0 Å². The first-order valence-corrected chi connectivity index (χ1v) is 5.69. The smallest absolute Gasteiger partial charge is 0.251 e. The number of nitrogens with one attached hydrogen (secondary N) is 1. The second-order valence-corrected chi connectivity index (χ2v) is 4.20. The molecule has 18 heavy (non-hydrogen) atoms. The molecular formula is C13H16N4O. The lowest BCUT2D eigenvalue weighted by Crippen LogP contribution is -2.24. The molecule has 94 valence electrons. The lowest BCUT2D eigenvalue weighted by Gasteiger charge is -2.08. The molecule has 0 radical (unpaired) electrons. The molecule has 0 atom stereocenters. The van der Waals surface area contributed by atoms with Gasteiger partial charge in [-0.15, -0.1) is 0 Å². The Kier molecular flexibility index (Phi) is 3.32. The van der Waals surface area contributed by atoms with Crippen LogP contribution in [0.1, 0.15) is 21.6 Å². The van der Waals surface area contributed by atoms with Crippen LogP contribution >= 0.6 is 0 Å². The van der Waals surface area contributed by atoms with Crippen LogP contribution in [0.3, 0.4) is 0 Å². The summed E-state index contributed by atoms with van der Waals surface area (Å²) in [6.45, 7) is 2.34. The van der Waals surface area contributed by atoms with Crippen molar-refractivity contribution in [2.24, 2.45) is 7.05 Å². The van der Waals surface area contributed by atoms with Crippen LogP contribution in [-0.2, 0) is 13.6 Å². The number of hydrogen-bond donors (Lipinski definition) is 2. The summed E-state index contributed by atoms with van der Waals surface area (Å²) < 4.78 is 1.73. The monoisotopic (exact) mass is 244 g/mol. The van der Waals surface area contributed by atoms with Crippen LogP contribution in [-0.4, -0.2) is 15.7 Å². The Bertz CT molecular complexity index is 574. The Balaban J connectivity index is 2.08. The fraction of sp³-hybridized carbons (Fsp3) is 0.231. The number of nitrogens with two attached hydrogens (primary N) is 1. The topological polar surface area (TPSA) is 72.9 Å². The molecule has 0 bridgehead atoms. The number of anilines is 1. The van der Waals surface area contributed by atoms with Gasteiger partial charge in [0.05, 0.1) is 12.2 Å². The molecule has 0 spiro atoms. The maximum Gasteiger partial charge on any atom is 0.251 e. The average molecular weight is 244 g/mol. The molecule has 1 heterocycles. The van der Waals surface area contributed by atoms with Gasteiger partial charge in [-0.1, -0.05) is 6.07 Å². The Morgan fingerprint density at radius 1 is 1.44 bits per heavy atom. The summed E-state index contributed by atoms with van der Waals surface area (Å²) in [5.74, 6) is -0.124. The van der Waals surface area contributed by atoms with Gasteiger partial charge in [-0.3, -0.25) is 9.48 Å². The average Bonchev–Trinajstić information content (AvgIpc) is 2.75. The maximum atomic E-state index is 12.0. The Morgan fingerprint density at radius 3 is 2.89 bits per heavy atom. The van der Waals surface area contributed by atoms with E-state index >= 15 is 0 Å². The Labute approximate surface area is 106 Å². The molecule has 0 aliphatic rings. The van der Waals surface area contributed by atoms with Crippen molar-refractivity contribution in [1.82, 2.24) is 15.1 Å². The molecule has 2 aromatic rings. The van der Waals surface area contributed by atoms with Crippen molar-refractivity contribution in [2.45, 2.75) is 13.5 Å². The van der Waals surface area contributed by atoms with Gasteiger partial charge < -0.3 is 11.1 Å². The van der Waals surface area contributed by atoms with E-state index < -0.39 is 0 Å². The number of hydrogen-bond acceptors (Lipinski definition) is 3. The van der Waals surface area contributed by atoms with Gasteiger partial charge >= 0.3 is 0 Å². The van der Waals surface area contributed by atoms with Gasteiger partial charge in [0.25, 0.3) is 5.91 Å². The predicted molar refractivity (Wildman–Crippen MR) is 70.0 cm³/mol. The summed E-state index contributed by atoms with van der Waals surface area (Å²) in [6.07, 6.45) is 1.70. The summed E-state index contributed by atoms with van der Waals surface area (Å²) in [7, 11) is 1.84. The quantitative estimate of drug-likeness (QED) is 0.798.